The number of nitrogens with one attached hydrogen (secondary N) is 2. The van der Waals surface area contributed by atoms with E-state index < -0.39 is 11.6 Å². The van der Waals surface area contributed by atoms with Crippen LogP contribution in [0.25, 0.3) is 0 Å². The molecule has 1 saturated heterocycles. The molecular weight excluding hydrogens is 306 g/mol. The Hall–Kier alpha value is -2.37. The molecule has 1 aromatic rings. The molecule has 3 rings (SSSR count). The molecule has 1 aliphatic carbocycles. The maximum Gasteiger partial charge on any atom is 0.325 e. The minimum absolute atomic E-state index is 0.222. The third-order valence-corrected chi connectivity index (χ3v) is 4.83. The summed E-state index contributed by atoms with van der Waals surface area (Å²) in [5, 5.41) is 5.60. The van der Waals surface area contributed by atoms with Gasteiger partial charge in [-0.05, 0) is 30.4 Å². The first-order valence-corrected chi connectivity index (χ1v) is 8.57. The molecule has 1 spiro atoms. The van der Waals surface area contributed by atoms with E-state index in [1.807, 2.05) is 24.3 Å². The number of rotatable bonds is 6. The summed E-state index contributed by atoms with van der Waals surface area (Å²) in [5.74, 6) is -0.612. The van der Waals surface area contributed by atoms with Crippen LogP contribution >= 0.6 is 0 Å². The van der Waals surface area contributed by atoms with Crippen molar-refractivity contribution in [2.45, 2.75) is 44.6 Å². The highest BCUT2D eigenvalue weighted by Gasteiger charge is 2.55. The SMILES string of the molecule is CCCCCNC(=O)CN1C(=O)N[C@@]2(CCc3ccccc32)C1=O. The van der Waals surface area contributed by atoms with Crippen molar-refractivity contribution in [2.75, 3.05) is 13.1 Å². The van der Waals surface area contributed by atoms with Gasteiger partial charge in [-0.2, -0.15) is 0 Å². The Morgan fingerprint density at radius 3 is 2.88 bits per heavy atom. The number of benzene rings is 1. The predicted octanol–water partition coefficient (Wildman–Crippen LogP) is 1.69. The first kappa shape index (κ1) is 16.5. The second-order valence-electron chi connectivity index (χ2n) is 6.44. The normalized spacial score (nSPS) is 22.0. The highest BCUT2D eigenvalue weighted by molar-refractivity contribution is 6.09. The molecule has 0 saturated carbocycles. The van der Waals surface area contributed by atoms with E-state index in [1.165, 1.54) is 0 Å². The summed E-state index contributed by atoms with van der Waals surface area (Å²) < 4.78 is 0. The summed E-state index contributed by atoms with van der Waals surface area (Å²) >= 11 is 0. The van der Waals surface area contributed by atoms with Crippen molar-refractivity contribution >= 4 is 17.8 Å². The van der Waals surface area contributed by atoms with E-state index in [0.29, 0.717) is 13.0 Å². The number of carbonyl (C=O) groups excluding carboxylic acids is 3. The molecule has 6 heteroatoms. The molecular formula is C18H23N3O3. The molecule has 0 bridgehead atoms. The molecule has 1 heterocycles. The fourth-order valence-corrected chi connectivity index (χ4v) is 3.54. The number of hydrogen-bond acceptors (Lipinski definition) is 3. The van der Waals surface area contributed by atoms with Crippen LogP contribution < -0.4 is 10.6 Å². The number of urea groups is 1. The van der Waals surface area contributed by atoms with Crippen molar-refractivity contribution in [1.29, 1.82) is 0 Å². The summed E-state index contributed by atoms with van der Waals surface area (Å²) in [6.45, 7) is 2.44. The third-order valence-electron chi connectivity index (χ3n) is 4.83. The van der Waals surface area contributed by atoms with Crippen molar-refractivity contribution in [3.63, 3.8) is 0 Å². The zero-order valence-electron chi connectivity index (χ0n) is 13.9. The van der Waals surface area contributed by atoms with E-state index in [4.69, 9.17) is 0 Å². The smallest absolute Gasteiger partial charge is 0.325 e. The van der Waals surface area contributed by atoms with Crippen LogP contribution in [0.5, 0.6) is 0 Å². The molecule has 6 nitrogen and oxygen atoms in total. The zero-order valence-corrected chi connectivity index (χ0v) is 13.9. The number of unbranched alkanes of at least 4 members (excludes halogenated alkanes) is 2. The Kier molecular flexibility index (Phi) is 4.55. The Morgan fingerprint density at radius 1 is 1.29 bits per heavy atom. The van der Waals surface area contributed by atoms with Crippen LogP contribution in [0.3, 0.4) is 0 Å². The van der Waals surface area contributed by atoms with Gasteiger partial charge in [0.25, 0.3) is 5.91 Å². The van der Waals surface area contributed by atoms with Gasteiger partial charge in [0, 0.05) is 6.54 Å². The predicted molar refractivity (Wildman–Crippen MR) is 89.2 cm³/mol. The van der Waals surface area contributed by atoms with Crippen LogP contribution in [0.2, 0.25) is 0 Å². The number of nitrogens with zero attached hydrogens (tertiary/aromatic N) is 1. The van der Waals surface area contributed by atoms with E-state index in [9.17, 15) is 14.4 Å². The summed E-state index contributed by atoms with van der Waals surface area (Å²) in [5.41, 5.74) is 0.946. The van der Waals surface area contributed by atoms with E-state index in [1.54, 1.807) is 0 Å². The second-order valence-corrected chi connectivity index (χ2v) is 6.44. The van der Waals surface area contributed by atoms with Gasteiger partial charge in [-0.1, -0.05) is 44.0 Å². The Balaban J connectivity index is 1.68. The molecule has 0 unspecified atom stereocenters. The fourth-order valence-electron chi connectivity index (χ4n) is 3.54. The number of carbonyl (C=O) groups is 3. The Bertz CT molecular complexity index is 673. The summed E-state index contributed by atoms with van der Waals surface area (Å²) in [6.07, 6.45) is 4.32. The van der Waals surface area contributed by atoms with E-state index in [0.717, 1.165) is 41.7 Å². The summed E-state index contributed by atoms with van der Waals surface area (Å²) in [7, 11) is 0. The van der Waals surface area contributed by atoms with Crippen LogP contribution in [0.15, 0.2) is 24.3 Å². The van der Waals surface area contributed by atoms with Crippen LogP contribution in [-0.2, 0) is 21.5 Å². The number of fused-ring (bicyclic) bond motifs is 2. The number of aryl methyl sites for hydroxylation is 1. The standard InChI is InChI=1S/C18H23N3O3/c1-2-3-6-11-19-15(22)12-21-16(23)18(20-17(21)24)10-9-13-7-4-5-8-14(13)18/h4-5,7-8H,2-3,6,9-12H2,1H3,(H,19,22)(H,20,24)/t18-/m1/s1. The molecule has 0 radical (unpaired) electrons. The van der Waals surface area contributed by atoms with Crippen molar-refractivity contribution in [3.05, 3.63) is 35.4 Å². The first-order chi connectivity index (χ1) is 11.6. The lowest BCUT2D eigenvalue weighted by Crippen LogP contribution is -2.44. The van der Waals surface area contributed by atoms with Crippen molar-refractivity contribution < 1.29 is 14.4 Å². The molecule has 1 atom stereocenters. The monoisotopic (exact) mass is 329 g/mol. The lowest BCUT2D eigenvalue weighted by Gasteiger charge is -2.22. The Labute approximate surface area is 141 Å². The van der Waals surface area contributed by atoms with Gasteiger partial charge >= 0.3 is 6.03 Å². The number of amides is 4. The Morgan fingerprint density at radius 2 is 2.08 bits per heavy atom. The molecule has 2 N–H and O–H groups in total. The molecule has 1 fully saturated rings. The third kappa shape index (κ3) is 2.77. The van der Waals surface area contributed by atoms with Gasteiger partial charge in [0.05, 0.1) is 0 Å². The molecule has 2 aliphatic rings. The summed E-state index contributed by atoms with van der Waals surface area (Å²) in [4.78, 5) is 38.2. The number of hydrogen-bond donors (Lipinski definition) is 2. The fraction of sp³-hybridized carbons (Fsp3) is 0.500. The van der Waals surface area contributed by atoms with Gasteiger partial charge in [-0.3, -0.25) is 14.5 Å². The molecule has 1 aromatic carbocycles. The maximum absolute atomic E-state index is 12.9. The lowest BCUT2D eigenvalue weighted by molar-refractivity contribution is -0.135. The minimum atomic E-state index is -0.990. The van der Waals surface area contributed by atoms with Crippen LogP contribution in [-0.4, -0.2) is 35.8 Å². The molecule has 24 heavy (non-hydrogen) atoms. The minimum Gasteiger partial charge on any atom is -0.355 e. The van der Waals surface area contributed by atoms with E-state index in [-0.39, 0.29) is 18.4 Å². The van der Waals surface area contributed by atoms with Gasteiger partial charge in [0.2, 0.25) is 5.91 Å². The maximum atomic E-state index is 12.9. The van der Waals surface area contributed by atoms with Gasteiger partial charge < -0.3 is 10.6 Å². The summed E-state index contributed by atoms with van der Waals surface area (Å²) in [6, 6.07) is 7.18. The molecule has 4 amide bonds. The van der Waals surface area contributed by atoms with Crippen molar-refractivity contribution in [3.8, 4) is 0 Å². The second kappa shape index (κ2) is 6.63. The van der Waals surface area contributed by atoms with Gasteiger partial charge in [0.15, 0.2) is 0 Å². The average Bonchev–Trinajstić information content (AvgIpc) is 3.06. The first-order valence-electron chi connectivity index (χ1n) is 8.57. The highest BCUT2D eigenvalue weighted by atomic mass is 16.2. The van der Waals surface area contributed by atoms with E-state index in [2.05, 4.69) is 17.6 Å². The molecule has 1 aliphatic heterocycles. The largest absolute Gasteiger partial charge is 0.355 e. The lowest BCUT2D eigenvalue weighted by atomic mass is 9.92. The molecule has 128 valence electrons. The van der Waals surface area contributed by atoms with Crippen LogP contribution in [0.4, 0.5) is 4.79 Å². The van der Waals surface area contributed by atoms with E-state index >= 15 is 0 Å². The van der Waals surface area contributed by atoms with Crippen LogP contribution in [0, 0.1) is 0 Å². The highest BCUT2D eigenvalue weighted by Crippen LogP contribution is 2.41. The van der Waals surface area contributed by atoms with Crippen molar-refractivity contribution in [1.82, 2.24) is 15.5 Å². The van der Waals surface area contributed by atoms with Crippen molar-refractivity contribution in [2.24, 2.45) is 0 Å². The van der Waals surface area contributed by atoms with Crippen LogP contribution in [0.1, 0.15) is 43.7 Å². The molecule has 0 aromatic heterocycles. The zero-order chi connectivity index (χ0) is 17.2. The van der Waals surface area contributed by atoms with Gasteiger partial charge in [0.1, 0.15) is 12.1 Å². The average molecular weight is 329 g/mol. The quantitative estimate of drug-likeness (QED) is 0.616. The van der Waals surface area contributed by atoms with Gasteiger partial charge in [-0.15, -0.1) is 0 Å². The number of imide groups is 1. The van der Waals surface area contributed by atoms with Gasteiger partial charge in [-0.25, -0.2) is 4.79 Å². The topological polar surface area (TPSA) is 78.5 Å².